The van der Waals surface area contributed by atoms with Crippen molar-refractivity contribution in [3.05, 3.63) is 107 Å². The van der Waals surface area contributed by atoms with E-state index in [9.17, 15) is 24.3 Å². The van der Waals surface area contributed by atoms with Crippen LogP contribution in [-0.4, -0.2) is 83.3 Å². The van der Waals surface area contributed by atoms with Crippen molar-refractivity contribution in [2.45, 2.75) is 75.5 Å². The Morgan fingerprint density at radius 1 is 0.902 bits per heavy atom. The molecule has 3 aromatic rings. The van der Waals surface area contributed by atoms with Crippen molar-refractivity contribution >= 4 is 23.9 Å². The molecule has 3 amide bonds. The number of allylic oxidation sites excluding steroid dienone is 2. The van der Waals surface area contributed by atoms with Crippen molar-refractivity contribution in [3.63, 3.8) is 0 Å². The Hall–Kier alpha value is -4.96. The molecule has 1 aliphatic carbocycles. The van der Waals surface area contributed by atoms with E-state index in [1.165, 1.54) is 0 Å². The van der Waals surface area contributed by atoms with Crippen molar-refractivity contribution < 1.29 is 33.8 Å². The minimum Gasteiger partial charge on any atom is -0.462 e. The van der Waals surface area contributed by atoms with Crippen LogP contribution in [0.4, 0.5) is 4.79 Å². The highest BCUT2D eigenvalue weighted by atomic mass is 16.6. The zero-order valence-electron chi connectivity index (χ0n) is 28.7. The van der Waals surface area contributed by atoms with Gasteiger partial charge >= 0.3 is 12.1 Å². The lowest BCUT2D eigenvalue weighted by molar-refractivity contribution is -0.151. The number of nitrogens with one attached hydrogen (secondary N) is 1. The second-order valence-corrected chi connectivity index (χ2v) is 14.0. The number of amides is 3. The molecule has 1 saturated heterocycles. The number of aliphatic hydroxyl groups is 1. The molecule has 0 radical (unpaired) electrons. The summed E-state index contributed by atoms with van der Waals surface area (Å²) in [6.07, 6.45) is 6.22. The number of nitrogens with zero attached hydrogens (tertiary/aromatic N) is 2. The number of benzene rings is 3. The van der Waals surface area contributed by atoms with Gasteiger partial charge in [0.05, 0.1) is 24.6 Å². The molecule has 4 unspecified atom stereocenters. The van der Waals surface area contributed by atoms with Crippen LogP contribution in [0.1, 0.15) is 66.7 Å². The van der Waals surface area contributed by atoms with Crippen molar-refractivity contribution in [2.24, 2.45) is 5.92 Å². The third kappa shape index (κ3) is 7.42. The number of carbonyl (C=O) groups excluding carboxylic acids is 4. The van der Waals surface area contributed by atoms with Crippen molar-refractivity contribution in [3.8, 4) is 11.1 Å². The van der Waals surface area contributed by atoms with Crippen LogP contribution in [0, 0.1) is 5.92 Å². The lowest BCUT2D eigenvalue weighted by Gasteiger charge is -2.37. The van der Waals surface area contributed by atoms with Gasteiger partial charge in [-0.2, -0.15) is 0 Å². The number of alkyl carbamates (subject to hydrolysis) is 1. The average Bonchev–Trinajstić information content (AvgIpc) is 3.76. The highest BCUT2D eigenvalue weighted by Gasteiger charge is 2.38. The number of carbonyl (C=O) groups is 4. The number of cyclic esters (lactones) is 1. The molecule has 3 aliphatic heterocycles. The Labute approximate surface area is 298 Å². The third-order valence-electron chi connectivity index (χ3n) is 10.9. The van der Waals surface area contributed by atoms with Gasteiger partial charge in [0.25, 0.3) is 0 Å². The summed E-state index contributed by atoms with van der Waals surface area (Å²) in [4.78, 5) is 57.7. The largest absolute Gasteiger partial charge is 0.462 e. The summed E-state index contributed by atoms with van der Waals surface area (Å²) in [5, 5.41) is 12.9. The van der Waals surface area contributed by atoms with E-state index in [2.05, 4.69) is 29.6 Å². The Kier molecular flexibility index (Phi) is 10.5. The van der Waals surface area contributed by atoms with E-state index < -0.39 is 24.0 Å². The van der Waals surface area contributed by atoms with Gasteiger partial charge in [0.15, 0.2) is 0 Å². The van der Waals surface area contributed by atoms with Crippen molar-refractivity contribution in [2.75, 3.05) is 26.4 Å². The van der Waals surface area contributed by atoms with Gasteiger partial charge < -0.3 is 29.7 Å². The predicted octanol–water partition coefficient (Wildman–Crippen LogP) is 5.12. The molecule has 0 saturated carbocycles. The van der Waals surface area contributed by atoms with Crippen LogP contribution in [-0.2, 0) is 36.8 Å². The Morgan fingerprint density at radius 3 is 2.35 bits per heavy atom. The monoisotopic (exact) mass is 691 g/mol. The molecule has 4 atom stereocenters. The Morgan fingerprint density at radius 2 is 1.61 bits per heavy atom. The van der Waals surface area contributed by atoms with E-state index in [1.54, 1.807) is 9.80 Å². The standard InChI is InChI=1S/C41H45N3O7/c45-24-31-21-27-11-4-5-13-29(27)23-44(31)38(46)22-28-12-2-1-3-19-37(40(48)50-25-30-14-10-20-43(30)39(28)47)42-41(49)51-26-36-34-17-8-6-15-32(34)33-16-7-9-18-35(33)36/h1-2,4-9,11,13,15-18,28,30-31,36-37,45H,3,10,12,14,19-26H2,(H,42,49). The molecule has 10 nitrogen and oxygen atoms in total. The molecule has 1 fully saturated rings. The topological polar surface area (TPSA) is 125 Å². The SMILES string of the molecule is O=C(NC1CCC=CCC(CC(=O)N2Cc3ccccc3CC2CO)C(=O)N2CCCC2COC1=O)OCC1c2ccccc2-c2ccccc21. The fraction of sp³-hybridized carbons (Fsp3) is 0.415. The van der Waals surface area contributed by atoms with Gasteiger partial charge in [-0.1, -0.05) is 84.9 Å². The summed E-state index contributed by atoms with van der Waals surface area (Å²) in [7, 11) is 0. The number of ether oxygens (including phenoxy) is 2. The minimum atomic E-state index is -0.925. The number of aliphatic hydroxyl groups excluding tert-OH is 1. The van der Waals surface area contributed by atoms with Gasteiger partial charge in [0.2, 0.25) is 11.8 Å². The average molecular weight is 692 g/mol. The highest BCUT2D eigenvalue weighted by molar-refractivity contribution is 5.87. The molecular formula is C41H45N3O7. The molecule has 2 N–H and O–H groups in total. The summed E-state index contributed by atoms with van der Waals surface area (Å²) in [5.41, 5.74) is 6.64. The number of fused-ring (bicyclic) bond motifs is 5. The Balaban J connectivity index is 1.00. The van der Waals surface area contributed by atoms with Gasteiger partial charge in [0.1, 0.15) is 19.3 Å². The molecule has 7 rings (SSSR count). The van der Waals surface area contributed by atoms with Gasteiger partial charge in [-0.25, -0.2) is 9.59 Å². The summed E-state index contributed by atoms with van der Waals surface area (Å²) >= 11 is 0. The van der Waals surface area contributed by atoms with Crippen LogP contribution in [0.15, 0.2) is 84.9 Å². The normalized spacial score (nSPS) is 23.5. The summed E-state index contributed by atoms with van der Waals surface area (Å²) < 4.78 is 11.5. The molecule has 10 heteroatoms. The molecule has 0 bridgehead atoms. The molecule has 3 aromatic carbocycles. The Bertz CT molecular complexity index is 1760. The van der Waals surface area contributed by atoms with Crippen LogP contribution in [0.2, 0.25) is 0 Å². The van der Waals surface area contributed by atoms with Crippen LogP contribution < -0.4 is 5.32 Å². The smallest absolute Gasteiger partial charge is 0.407 e. The molecule has 266 valence electrons. The fourth-order valence-electron chi connectivity index (χ4n) is 8.13. The van der Waals surface area contributed by atoms with Crippen LogP contribution >= 0.6 is 0 Å². The second kappa shape index (κ2) is 15.5. The maximum Gasteiger partial charge on any atom is 0.407 e. The number of hydrogen-bond donors (Lipinski definition) is 2. The maximum absolute atomic E-state index is 14.0. The van der Waals surface area contributed by atoms with Crippen LogP contribution in [0.5, 0.6) is 0 Å². The first-order chi connectivity index (χ1) is 24.9. The summed E-state index contributed by atoms with van der Waals surface area (Å²) in [5.74, 6) is -1.55. The van der Waals surface area contributed by atoms with Crippen LogP contribution in [0.3, 0.4) is 0 Å². The van der Waals surface area contributed by atoms with E-state index in [1.807, 2.05) is 60.7 Å². The number of hydrogen-bond acceptors (Lipinski definition) is 7. The number of esters is 1. The molecule has 4 aliphatic rings. The van der Waals surface area contributed by atoms with Crippen molar-refractivity contribution in [1.82, 2.24) is 15.1 Å². The van der Waals surface area contributed by atoms with Gasteiger partial charge in [-0.3, -0.25) is 9.59 Å². The molecule has 0 aromatic heterocycles. The zero-order valence-corrected chi connectivity index (χ0v) is 28.7. The van der Waals surface area contributed by atoms with Gasteiger partial charge in [0, 0.05) is 25.4 Å². The minimum absolute atomic E-state index is 0.0109. The quantitative estimate of drug-likeness (QED) is 0.272. The van der Waals surface area contributed by atoms with E-state index in [0.29, 0.717) is 38.8 Å². The molecule has 0 spiro atoms. The van der Waals surface area contributed by atoms with Crippen molar-refractivity contribution in [1.29, 1.82) is 0 Å². The lowest BCUT2D eigenvalue weighted by Crippen LogP contribution is -2.48. The van der Waals surface area contributed by atoms with E-state index in [-0.39, 0.29) is 62.5 Å². The fourth-order valence-corrected chi connectivity index (χ4v) is 8.13. The predicted molar refractivity (Wildman–Crippen MR) is 190 cm³/mol. The van der Waals surface area contributed by atoms with Gasteiger partial charge in [-0.05, 0) is 71.9 Å². The molecular weight excluding hydrogens is 646 g/mol. The first-order valence-electron chi connectivity index (χ1n) is 18.1. The summed E-state index contributed by atoms with van der Waals surface area (Å²) in [6, 6.07) is 22.6. The third-order valence-corrected chi connectivity index (χ3v) is 10.9. The van der Waals surface area contributed by atoms with E-state index >= 15 is 0 Å². The maximum atomic E-state index is 14.0. The zero-order chi connectivity index (χ0) is 35.3. The van der Waals surface area contributed by atoms with E-state index in [0.717, 1.165) is 39.8 Å². The molecule has 3 heterocycles. The first kappa shape index (κ1) is 34.5. The number of rotatable bonds is 6. The lowest BCUT2D eigenvalue weighted by atomic mass is 9.92. The highest BCUT2D eigenvalue weighted by Crippen LogP contribution is 2.44. The van der Waals surface area contributed by atoms with E-state index in [4.69, 9.17) is 9.47 Å². The van der Waals surface area contributed by atoms with Gasteiger partial charge in [-0.15, -0.1) is 0 Å². The molecule has 51 heavy (non-hydrogen) atoms. The summed E-state index contributed by atoms with van der Waals surface area (Å²) in [6.45, 7) is 0.911. The second-order valence-electron chi connectivity index (χ2n) is 14.0. The van der Waals surface area contributed by atoms with Crippen LogP contribution in [0.25, 0.3) is 11.1 Å². The first-order valence-corrected chi connectivity index (χ1v) is 18.1.